The van der Waals surface area contributed by atoms with Crippen molar-refractivity contribution in [3.8, 4) is 0 Å². The Morgan fingerprint density at radius 3 is 2.55 bits per heavy atom. The van der Waals surface area contributed by atoms with Crippen LogP contribution in [-0.4, -0.2) is 25.0 Å². The van der Waals surface area contributed by atoms with Crippen LogP contribution in [-0.2, 0) is 0 Å². The molecule has 0 aliphatic heterocycles. The Morgan fingerprint density at radius 2 is 1.91 bits per heavy atom. The second-order valence-corrected chi connectivity index (χ2v) is 6.03. The fourth-order valence-corrected chi connectivity index (χ4v) is 2.92. The second kappa shape index (κ2) is 5.73. The van der Waals surface area contributed by atoms with Crippen molar-refractivity contribution in [3.05, 3.63) is 53.8 Å². The second-order valence-electron chi connectivity index (χ2n) is 5.00. The van der Waals surface area contributed by atoms with E-state index in [2.05, 4.69) is 10.3 Å². The average Bonchev–Trinajstić information content (AvgIpc) is 2.91. The van der Waals surface area contributed by atoms with E-state index < -0.39 is 0 Å². The molecule has 0 radical (unpaired) electrons. The maximum absolute atomic E-state index is 13.6. The van der Waals surface area contributed by atoms with Gasteiger partial charge in [0.15, 0.2) is 5.13 Å². The molecule has 0 saturated carbocycles. The van der Waals surface area contributed by atoms with Crippen molar-refractivity contribution in [2.24, 2.45) is 0 Å². The highest BCUT2D eigenvalue weighted by Gasteiger charge is 2.12. The summed E-state index contributed by atoms with van der Waals surface area (Å²) in [5.74, 6) is -0.644. The molecule has 4 nitrogen and oxygen atoms in total. The third-order valence-corrected chi connectivity index (χ3v) is 4.17. The Balaban J connectivity index is 1.82. The van der Waals surface area contributed by atoms with Gasteiger partial charge in [0.1, 0.15) is 11.3 Å². The molecule has 1 amide bonds. The summed E-state index contributed by atoms with van der Waals surface area (Å²) in [5, 5.41) is 3.10. The van der Waals surface area contributed by atoms with Crippen LogP contribution in [0.1, 0.15) is 10.4 Å². The van der Waals surface area contributed by atoms with Crippen molar-refractivity contribution in [2.45, 2.75) is 0 Å². The summed E-state index contributed by atoms with van der Waals surface area (Å²) in [4.78, 5) is 18.3. The van der Waals surface area contributed by atoms with Crippen LogP contribution in [0.4, 0.5) is 15.2 Å². The van der Waals surface area contributed by atoms with E-state index in [9.17, 15) is 9.18 Å². The number of nitrogens with zero attached hydrogens (tertiary/aromatic N) is 2. The van der Waals surface area contributed by atoms with Crippen LogP contribution in [0.3, 0.4) is 0 Å². The lowest BCUT2D eigenvalue weighted by Crippen LogP contribution is -2.13. The molecule has 112 valence electrons. The highest BCUT2D eigenvalue weighted by atomic mass is 32.1. The summed E-state index contributed by atoms with van der Waals surface area (Å²) in [6, 6.07) is 12.0. The lowest BCUT2D eigenvalue weighted by Gasteiger charge is -2.12. The smallest absolute Gasteiger partial charge is 0.257 e. The lowest BCUT2D eigenvalue weighted by atomic mass is 10.2. The predicted molar refractivity (Wildman–Crippen MR) is 88.3 cm³/mol. The zero-order chi connectivity index (χ0) is 15.7. The zero-order valence-corrected chi connectivity index (χ0v) is 12.9. The number of amides is 1. The topological polar surface area (TPSA) is 45.2 Å². The van der Waals surface area contributed by atoms with Crippen LogP contribution in [0.5, 0.6) is 0 Å². The van der Waals surface area contributed by atoms with Crippen molar-refractivity contribution in [1.82, 2.24) is 4.98 Å². The summed E-state index contributed by atoms with van der Waals surface area (Å²) in [6.07, 6.45) is 0. The monoisotopic (exact) mass is 315 g/mol. The van der Waals surface area contributed by atoms with Gasteiger partial charge in [-0.1, -0.05) is 17.4 Å². The first-order valence-electron chi connectivity index (χ1n) is 6.68. The zero-order valence-electron chi connectivity index (χ0n) is 12.1. The van der Waals surface area contributed by atoms with Gasteiger partial charge in [0.05, 0.1) is 4.70 Å². The van der Waals surface area contributed by atoms with Gasteiger partial charge in [0.2, 0.25) is 0 Å². The standard InChI is InChI=1S/C16H14FN3OS/c1-20(2)11-8-6-10(7-9-11)15(21)19-16-18-14-12(17)4-3-5-13(14)22-16/h3-9H,1-2H3,(H,18,19,21). The minimum atomic E-state index is -0.385. The number of benzene rings is 2. The third kappa shape index (κ3) is 2.78. The van der Waals surface area contributed by atoms with E-state index in [1.165, 1.54) is 17.4 Å². The van der Waals surface area contributed by atoms with Gasteiger partial charge in [0.25, 0.3) is 5.91 Å². The molecular formula is C16H14FN3OS. The molecule has 0 saturated heterocycles. The SMILES string of the molecule is CN(C)c1ccc(C(=O)Nc2nc3c(F)cccc3s2)cc1. The number of rotatable bonds is 3. The molecule has 0 unspecified atom stereocenters. The summed E-state index contributed by atoms with van der Waals surface area (Å²) in [6.45, 7) is 0. The highest BCUT2D eigenvalue weighted by molar-refractivity contribution is 7.22. The number of hydrogen-bond acceptors (Lipinski definition) is 4. The van der Waals surface area contributed by atoms with Gasteiger partial charge >= 0.3 is 0 Å². The quantitative estimate of drug-likeness (QED) is 0.800. The number of fused-ring (bicyclic) bond motifs is 1. The summed E-state index contributed by atoms with van der Waals surface area (Å²) >= 11 is 1.25. The molecule has 6 heteroatoms. The highest BCUT2D eigenvalue weighted by Crippen LogP contribution is 2.27. The summed E-state index contributed by atoms with van der Waals surface area (Å²) in [5.41, 5.74) is 1.83. The molecule has 1 heterocycles. The molecule has 0 fully saturated rings. The molecule has 3 aromatic rings. The van der Waals surface area contributed by atoms with E-state index >= 15 is 0 Å². The predicted octanol–water partition coefficient (Wildman–Crippen LogP) is 3.75. The van der Waals surface area contributed by atoms with Gasteiger partial charge in [0, 0.05) is 25.3 Å². The molecule has 3 rings (SSSR count). The fraction of sp³-hybridized carbons (Fsp3) is 0.125. The Kier molecular flexibility index (Phi) is 3.77. The van der Waals surface area contributed by atoms with Crippen molar-refractivity contribution in [3.63, 3.8) is 0 Å². The normalized spacial score (nSPS) is 10.7. The van der Waals surface area contributed by atoms with E-state index in [0.717, 1.165) is 5.69 Å². The summed E-state index contributed by atoms with van der Waals surface area (Å²) < 4.78 is 14.3. The van der Waals surface area contributed by atoms with Gasteiger partial charge in [-0.2, -0.15) is 0 Å². The molecule has 1 N–H and O–H groups in total. The van der Waals surface area contributed by atoms with Crippen molar-refractivity contribution in [2.75, 3.05) is 24.3 Å². The molecule has 0 spiro atoms. The van der Waals surface area contributed by atoms with Gasteiger partial charge in [-0.25, -0.2) is 9.37 Å². The Labute approximate surface area is 131 Å². The molecule has 0 aliphatic rings. The minimum absolute atomic E-state index is 0.259. The van der Waals surface area contributed by atoms with Crippen LogP contribution >= 0.6 is 11.3 Å². The first kappa shape index (κ1) is 14.5. The number of carbonyl (C=O) groups excluding carboxylic acids is 1. The lowest BCUT2D eigenvalue weighted by molar-refractivity contribution is 0.102. The number of hydrogen-bond donors (Lipinski definition) is 1. The van der Waals surface area contributed by atoms with E-state index in [0.29, 0.717) is 15.4 Å². The minimum Gasteiger partial charge on any atom is -0.378 e. The number of aromatic nitrogens is 1. The Hall–Kier alpha value is -2.47. The van der Waals surface area contributed by atoms with Crippen LogP contribution in [0, 0.1) is 5.82 Å². The van der Waals surface area contributed by atoms with E-state index in [-0.39, 0.29) is 17.2 Å². The van der Waals surface area contributed by atoms with Crippen molar-refractivity contribution in [1.29, 1.82) is 0 Å². The number of para-hydroxylation sites is 1. The molecule has 0 atom stereocenters. The van der Waals surface area contributed by atoms with Crippen LogP contribution < -0.4 is 10.2 Å². The maximum atomic E-state index is 13.6. The Morgan fingerprint density at radius 1 is 1.18 bits per heavy atom. The number of thiazole rings is 1. The van der Waals surface area contributed by atoms with Crippen LogP contribution in [0.2, 0.25) is 0 Å². The number of anilines is 2. The Bertz CT molecular complexity index is 827. The largest absolute Gasteiger partial charge is 0.378 e. The molecular weight excluding hydrogens is 301 g/mol. The molecule has 22 heavy (non-hydrogen) atoms. The van der Waals surface area contributed by atoms with Crippen molar-refractivity contribution < 1.29 is 9.18 Å². The van der Waals surface area contributed by atoms with Crippen LogP contribution in [0.15, 0.2) is 42.5 Å². The summed E-state index contributed by atoms with van der Waals surface area (Å²) in [7, 11) is 3.87. The van der Waals surface area contributed by atoms with E-state index in [4.69, 9.17) is 0 Å². The number of carbonyl (C=O) groups is 1. The molecule has 1 aromatic heterocycles. The van der Waals surface area contributed by atoms with Gasteiger partial charge in [-0.05, 0) is 36.4 Å². The fourth-order valence-electron chi connectivity index (χ4n) is 2.05. The van der Waals surface area contributed by atoms with Gasteiger partial charge in [-0.3, -0.25) is 10.1 Å². The first-order chi connectivity index (χ1) is 10.5. The van der Waals surface area contributed by atoms with Crippen LogP contribution in [0.25, 0.3) is 10.2 Å². The maximum Gasteiger partial charge on any atom is 0.257 e. The first-order valence-corrected chi connectivity index (χ1v) is 7.50. The van der Waals surface area contributed by atoms with Gasteiger partial charge < -0.3 is 4.90 Å². The number of nitrogens with one attached hydrogen (secondary N) is 1. The third-order valence-electron chi connectivity index (χ3n) is 3.24. The molecule has 2 aromatic carbocycles. The molecule has 0 aliphatic carbocycles. The molecule has 0 bridgehead atoms. The van der Waals surface area contributed by atoms with E-state index in [1.807, 2.05) is 31.1 Å². The van der Waals surface area contributed by atoms with E-state index in [1.54, 1.807) is 24.3 Å². The number of halogens is 1. The average molecular weight is 315 g/mol. The van der Waals surface area contributed by atoms with Gasteiger partial charge in [-0.15, -0.1) is 0 Å². The van der Waals surface area contributed by atoms with Crippen molar-refractivity contribution >= 4 is 38.3 Å².